The number of hydrogen-bond donors (Lipinski definition) is 1. The molecule has 1 atom stereocenters. The Hall–Kier alpha value is -2.53. The molecule has 5 heteroatoms. The summed E-state index contributed by atoms with van der Waals surface area (Å²) >= 11 is 0. The molecule has 120 valence electrons. The van der Waals surface area contributed by atoms with Crippen LogP contribution >= 0.6 is 0 Å². The minimum atomic E-state index is -0.0754. The number of rotatable bonds is 6. The summed E-state index contributed by atoms with van der Waals surface area (Å²) in [6.07, 6.45) is 0.412. The Morgan fingerprint density at radius 2 is 1.57 bits per heavy atom. The third kappa shape index (κ3) is 4.02. The van der Waals surface area contributed by atoms with E-state index in [0.29, 0.717) is 26.2 Å². The zero-order chi connectivity index (χ0) is 16.1. The molecule has 3 rings (SSSR count). The van der Waals surface area contributed by atoms with Crippen LogP contribution in [0, 0.1) is 0 Å². The van der Waals surface area contributed by atoms with E-state index in [0.717, 1.165) is 17.2 Å². The van der Waals surface area contributed by atoms with Crippen molar-refractivity contribution in [3.05, 3.63) is 54.6 Å². The molecule has 0 bridgehead atoms. The summed E-state index contributed by atoms with van der Waals surface area (Å²) < 4.78 is 11.2. The van der Waals surface area contributed by atoms with Gasteiger partial charge in [-0.15, -0.1) is 0 Å². The van der Waals surface area contributed by atoms with Crippen molar-refractivity contribution in [1.29, 1.82) is 0 Å². The van der Waals surface area contributed by atoms with E-state index in [2.05, 4.69) is 0 Å². The van der Waals surface area contributed by atoms with Crippen LogP contribution in [0.4, 0.5) is 5.69 Å². The van der Waals surface area contributed by atoms with Gasteiger partial charge in [0.1, 0.15) is 24.7 Å². The van der Waals surface area contributed by atoms with Gasteiger partial charge in [0.15, 0.2) is 0 Å². The Kier molecular flexibility index (Phi) is 4.78. The number of carbonyl (C=O) groups excluding carboxylic acids is 1. The second kappa shape index (κ2) is 7.15. The van der Waals surface area contributed by atoms with E-state index in [1.807, 2.05) is 54.6 Å². The molecule has 2 N–H and O–H groups in total. The predicted molar refractivity (Wildman–Crippen MR) is 88.8 cm³/mol. The van der Waals surface area contributed by atoms with Crippen LogP contribution in [-0.2, 0) is 4.79 Å². The van der Waals surface area contributed by atoms with Crippen LogP contribution in [0.15, 0.2) is 54.6 Å². The van der Waals surface area contributed by atoms with Gasteiger partial charge in [-0.25, -0.2) is 0 Å². The zero-order valence-corrected chi connectivity index (χ0v) is 12.9. The molecule has 23 heavy (non-hydrogen) atoms. The molecular weight excluding hydrogens is 292 g/mol. The highest BCUT2D eigenvalue weighted by atomic mass is 16.5. The number of nitrogens with zero attached hydrogens (tertiary/aromatic N) is 1. The van der Waals surface area contributed by atoms with E-state index in [9.17, 15) is 4.79 Å². The Labute approximate surface area is 135 Å². The molecule has 0 aliphatic carbocycles. The van der Waals surface area contributed by atoms with Gasteiger partial charge in [0.2, 0.25) is 5.91 Å². The second-order valence-corrected chi connectivity index (χ2v) is 5.47. The van der Waals surface area contributed by atoms with E-state index >= 15 is 0 Å². The van der Waals surface area contributed by atoms with Gasteiger partial charge in [-0.05, 0) is 36.4 Å². The van der Waals surface area contributed by atoms with Crippen molar-refractivity contribution in [3.8, 4) is 11.5 Å². The number of nitrogens with two attached hydrogens (primary N) is 1. The minimum Gasteiger partial charge on any atom is -0.490 e. The highest BCUT2D eigenvalue weighted by Gasteiger charge is 2.27. The molecule has 0 saturated carbocycles. The van der Waals surface area contributed by atoms with Gasteiger partial charge in [0.25, 0.3) is 0 Å². The third-order valence-corrected chi connectivity index (χ3v) is 3.67. The first-order valence-electron chi connectivity index (χ1n) is 7.69. The maximum atomic E-state index is 11.8. The van der Waals surface area contributed by atoms with Crippen LogP contribution in [-0.4, -0.2) is 31.7 Å². The fraction of sp³-hybridized carbons (Fsp3) is 0.278. The molecule has 1 amide bonds. The first kappa shape index (κ1) is 15.4. The first-order chi connectivity index (χ1) is 11.2. The largest absolute Gasteiger partial charge is 0.490 e. The molecule has 2 aromatic carbocycles. The molecule has 5 nitrogen and oxygen atoms in total. The van der Waals surface area contributed by atoms with Crippen LogP contribution in [0.5, 0.6) is 11.5 Å². The topological polar surface area (TPSA) is 64.8 Å². The first-order valence-corrected chi connectivity index (χ1v) is 7.69. The molecular formula is C18H20N2O3. The SMILES string of the molecule is NC1CC(=O)N(c2ccc(OCCOc3ccccc3)cc2)C1. The molecule has 1 unspecified atom stereocenters. The minimum absolute atomic E-state index is 0.0717. The van der Waals surface area contributed by atoms with Crippen LogP contribution in [0.1, 0.15) is 6.42 Å². The van der Waals surface area contributed by atoms with E-state index in [4.69, 9.17) is 15.2 Å². The van der Waals surface area contributed by atoms with E-state index < -0.39 is 0 Å². The second-order valence-electron chi connectivity index (χ2n) is 5.47. The molecule has 1 fully saturated rings. The predicted octanol–water partition coefficient (Wildman–Crippen LogP) is 2.21. The lowest BCUT2D eigenvalue weighted by Crippen LogP contribution is -2.27. The number of carbonyl (C=O) groups is 1. The van der Waals surface area contributed by atoms with E-state index in [1.165, 1.54) is 0 Å². The maximum absolute atomic E-state index is 11.8. The summed E-state index contributed by atoms with van der Waals surface area (Å²) in [7, 11) is 0. The molecule has 1 heterocycles. The van der Waals surface area contributed by atoms with E-state index in [-0.39, 0.29) is 11.9 Å². The lowest BCUT2D eigenvalue weighted by Gasteiger charge is -2.16. The molecule has 1 saturated heterocycles. The highest BCUT2D eigenvalue weighted by Crippen LogP contribution is 2.23. The summed E-state index contributed by atoms with van der Waals surface area (Å²) in [5, 5.41) is 0. The van der Waals surface area contributed by atoms with E-state index in [1.54, 1.807) is 4.90 Å². The Morgan fingerprint density at radius 3 is 2.13 bits per heavy atom. The molecule has 2 aromatic rings. The lowest BCUT2D eigenvalue weighted by atomic mass is 10.3. The monoisotopic (exact) mass is 312 g/mol. The van der Waals surface area contributed by atoms with Crippen molar-refractivity contribution in [2.24, 2.45) is 5.73 Å². The zero-order valence-electron chi connectivity index (χ0n) is 12.9. The van der Waals surface area contributed by atoms with Gasteiger partial charge >= 0.3 is 0 Å². The van der Waals surface area contributed by atoms with Crippen LogP contribution in [0.3, 0.4) is 0 Å². The molecule has 0 spiro atoms. The molecule has 0 aromatic heterocycles. The van der Waals surface area contributed by atoms with Crippen LogP contribution in [0.2, 0.25) is 0 Å². The fourth-order valence-electron chi connectivity index (χ4n) is 2.54. The van der Waals surface area contributed by atoms with Crippen LogP contribution < -0.4 is 20.1 Å². The number of amides is 1. The number of para-hydroxylation sites is 1. The average Bonchev–Trinajstić information content (AvgIpc) is 2.92. The van der Waals surface area contributed by atoms with Crippen molar-refractivity contribution in [2.45, 2.75) is 12.5 Å². The van der Waals surface area contributed by atoms with Crippen LogP contribution in [0.25, 0.3) is 0 Å². The van der Waals surface area contributed by atoms with Gasteiger partial charge in [-0.2, -0.15) is 0 Å². The normalized spacial score (nSPS) is 17.3. The van der Waals surface area contributed by atoms with Crippen molar-refractivity contribution in [3.63, 3.8) is 0 Å². The quantitative estimate of drug-likeness (QED) is 0.831. The summed E-state index contributed by atoms with van der Waals surface area (Å²) in [4.78, 5) is 13.5. The summed E-state index contributed by atoms with van der Waals surface area (Å²) in [6, 6.07) is 17.0. The highest BCUT2D eigenvalue weighted by molar-refractivity contribution is 5.96. The van der Waals surface area contributed by atoms with Gasteiger partial charge in [-0.1, -0.05) is 18.2 Å². The Balaban J connectivity index is 1.47. The smallest absolute Gasteiger partial charge is 0.228 e. The van der Waals surface area contributed by atoms with Gasteiger partial charge in [0, 0.05) is 24.7 Å². The standard InChI is InChI=1S/C18H20N2O3/c19-14-12-18(21)20(13-14)15-6-8-17(9-7-15)23-11-10-22-16-4-2-1-3-5-16/h1-9,14H,10-13,19H2. The number of anilines is 1. The molecule has 1 aliphatic heterocycles. The van der Waals surface area contributed by atoms with Crippen molar-refractivity contribution in [2.75, 3.05) is 24.7 Å². The number of hydrogen-bond acceptors (Lipinski definition) is 4. The van der Waals surface area contributed by atoms with Gasteiger partial charge in [0.05, 0.1) is 0 Å². The molecule has 1 aliphatic rings. The fourth-order valence-corrected chi connectivity index (χ4v) is 2.54. The lowest BCUT2D eigenvalue weighted by molar-refractivity contribution is -0.117. The Morgan fingerprint density at radius 1 is 0.957 bits per heavy atom. The number of ether oxygens (including phenoxy) is 2. The number of benzene rings is 2. The third-order valence-electron chi connectivity index (χ3n) is 3.67. The van der Waals surface area contributed by atoms with Crippen molar-refractivity contribution in [1.82, 2.24) is 0 Å². The average molecular weight is 312 g/mol. The maximum Gasteiger partial charge on any atom is 0.228 e. The van der Waals surface area contributed by atoms with Gasteiger partial charge < -0.3 is 20.1 Å². The Bertz CT molecular complexity index is 643. The van der Waals surface area contributed by atoms with Crippen molar-refractivity contribution < 1.29 is 14.3 Å². The summed E-state index contributed by atoms with van der Waals surface area (Å²) in [6.45, 7) is 1.51. The summed E-state index contributed by atoms with van der Waals surface area (Å²) in [5.74, 6) is 1.65. The van der Waals surface area contributed by atoms with Crippen molar-refractivity contribution >= 4 is 11.6 Å². The summed E-state index contributed by atoms with van der Waals surface area (Å²) in [5.41, 5.74) is 6.67. The molecule has 0 radical (unpaired) electrons. The van der Waals surface area contributed by atoms with Gasteiger partial charge in [-0.3, -0.25) is 4.79 Å².